The maximum Gasteiger partial charge on any atom is 0.305 e. The molecule has 0 aliphatic carbocycles. The second kappa shape index (κ2) is 7.41. The molecule has 4 rings (SSSR count). The van der Waals surface area contributed by atoms with Crippen molar-refractivity contribution < 1.29 is 43.0 Å². The molecule has 0 aromatic heterocycles. The van der Waals surface area contributed by atoms with Crippen LogP contribution in [-0.4, -0.2) is 53.8 Å². The topological polar surface area (TPSA) is 152 Å². The fourth-order valence-electron chi connectivity index (χ4n) is 4.42. The Bertz CT molecular complexity index is 1070. The van der Waals surface area contributed by atoms with E-state index in [1.54, 1.807) is 6.08 Å². The molecule has 0 unspecified atom stereocenters. The minimum Gasteiger partial charge on any atom is -0.494 e. The first-order chi connectivity index (χ1) is 15.1. The zero-order chi connectivity index (χ0) is 23.4. The summed E-state index contributed by atoms with van der Waals surface area (Å²) in [5, 5.41) is 11.1. The number of benzene rings is 1. The van der Waals surface area contributed by atoms with E-state index in [-0.39, 0.29) is 17.1 Å². The van der Waals surface area contributed by atoms with Crippen molar-refractivity contribution in [3.63, 3.8) is 0 Å². The second-order valence-corrected chi connectivity index (χ2v) is 7.47. The van der Waals surface area contributed by atoms with Crippen molar-refractivity contribution in [3.8, 4) is 5.75 Å². The van der Waals surface area contributed by atoms with Crippen LogP contribution in [0.5, 0.6) is 5.75 Å². The third kappa shape index (κ3) is 3.02. The summed E-state index contributed by atoms with van der Waals surface area (Å²) in [7, 11) is 1.25. The number of esters is 2. The van der Waals surface area contributed by atoms with E-state index in [1.165, 1.54) is 19.3 Å². The Labute approximate surface area is 180 Å². The molecule has 3 aliphatic rings. The van der Waals surface area contributed by atoms with Crippen LogP contribution >= 0.6 is 0 Å². The number of hydrogen-bond donors (Lipinski definition) is 0. The highest BCUT2D eigenvalue weighted by Gasteiger charge is 2.72. The minimum atomic E-state index is -1.69. The van der Waals surface area contributed by atoms with Crippen molar-refractivity contribution >= 4 is 35.1 Å². The zero-order valence-corrected chi connectivity index (χ0v) is 17.2. The summed E-state index contributed by atoms with van der Waals surface area (Å²) in [6.07, 6.45) is 0.586. The highest BCUT2D eigenvalue weighted by atomic mass is 16.7. The molecular formula is C20H18N2O10. The molecule has 1 aromatic carbocycles. The summed E-state index contributed by atoms with van der Waals surface area (Å²) >= 11 is 0. The zero-order valence-electron chi connectivity index (χ0n) is 17.2. The number of nitro benzene ring substituents is 1. The van der Waals surface area contributed by atoms with E-state index in [1.807, 2.05) is 0 Å². The van der Waals surface area contributed by atoms with Crippen LogP contribution in [0.2, 0.25) is 0 Å². The Balaban J connectivity index is 1.76. The Morgan fingerprint density at radius 2 is 1.84 bits per heavy atom. The number of carbonyl (C=O) groups is 4. The largest absolute Gasteiger partial charge is 0.494 e. The van der Waals surface area contributed by atoms with Gasteiger partial charge in [-0.25, -0.2) is 4.90 Å². The molecule has 4 atom stereocenters. The summed E-state index contributed by atoms with van der Waals surface area (Å²) in [4.78, 5) is 61.3. The fraction of sp³-hybridized carbons (Fsp3) is 0.400. The van der Waals surface area contributed by atoms with Crippen molar-refractivity contribution in [3.05, 3.63) is 40.5 Å². The van der Waals surface area contributed by atoms with Crippen LogP contribution < -0.4 is 9.64 Å². The molecule has 2 amide bonds. The van der Waals surface area contributed by atoms with Crippen molar-refractivity contribution in [2.24, 2.45) is 11.8 Å². The lowest BCUT2D eigenvalue weighted by Crippen LogP contribution is -2.52. The van der Waals surface area contributed by atoms with Crippen LogP contribution in [0.1, 0.15) is 13.8 Å². The molecule has 3 aliphatic heterocycles. The van der Waals surface area contributed by atoms with Gasteiger partial charge in [0.1, 0.15) is 5.75 Å². The molecule has 12 nitrogen and oxygen atoms in total. The van der Waals surface area contributed by atoms with Crippen molar-refractivity contribution in [1.82, 2.24) is 0 Å². The summed E-state index contributed by atoms with van der Waals surface area (Å²) in [6.45, 7) is 2.21. The Morgan fingerprint density at radius 3 is 2.41 bits per heavy atom. The highest BCUT2D eigenvalue weighted by Crippen LogP contribution is 2.55. The lowest BCUT2D eigenvalue weighted by Gasteiger charge is -2.34. The molecule has 2 fully saturated rings. The number of non-ortho nitro benzene ring substituents is 1. The standard InChI is InChI=1S/C20H18N2O10/c1-9(23)30-19(31-10(2)24)20-7-6-13(32-20)15-16(20)18(26)21(17(15)25)12-5-4-11(22(27)28)8-14(12)29-3/h4-8,13,15-16,19H,1-3H3/t13-,15+,16+,20+/m0/s1. The van der Waals surface area contributed by atoms with Gasteiger partial charge < -0.3 is 18.9 Å². The van der Waals surface area contributed by atoms with Gasteiger partial charge in [-0.15, -0.1) is 0 Å². The third-order valence-electron chi connectivity index (χ3n) is 5.61. The van der Waals surface area contributed by atoms with E-state index < -0.39 is 58.5 Å². The SMILES string of the molecule is COc1cc([N+](=O)[O-])ccc1N1C(=O)[C@@H]2[C@@H]3C=C[C@@](C(OC(C)=O)OC(C)=O)(O3)[C@H]2C1=O. The Hall–Kier alpha value is -3.80. The first-order valence-electron chi connectivity index (χ1n) is 9.52. The molecule has 0 spiro atoms. The Kier molecular flexibility index (Phi) is 4.96. The van der Waals surface area contributed by atoms with E-state index in [0.717, 1.165) is 30.9 Å². The molecule has 32 heavy (non-hydrogen) atoms. The van der Waals surface area contributed by atoms with Crippen molar-refractivity contribution in [2.45, 2.75) is 31.8 Å². The van der Waals surface area contributed by atoms with Gasteiger partial charge in [0.15, 0.2) is 5.60 Å². The molecule has 168 valence electrons. The number of carbonyl (C=O) groups excluding carboxylic acids is 4. The van der Waals surface area contributed by atoms with Gasteiger partial charge in [0.05, 0.1) is 41.7 Å². The van der Waals surface area contributed by atoms with Crippen LogP contribution in [0, 0.1) is 22.0 Å². The summed E-state index contributed by atoms with van der Waals surface area (Å²) in [5.74, 6) is -5.06. The monoisotopic (exact) mass is 446 g/mol. The average Bonchev–Trinajstić information content (AvgIpc) is 3.37. The van der Waals surface area contributed by atoms with E-state index in [0.29, 0.717) is 0 Å². The number of imide groups is 1. The number of rotatable bonds is 6. The number of ether oxygens (including phenoxy) is 4. The Morgan fingerprint density at radius 1 is 1.19 bits per heavy atom. The number of methoxy groups -OCH3 is 1. The van der Waals surface area contributed by atoms with Crippen LogP contribution in [0.3, 0.4) is 0 Å². The lowest BCUT2D eigenvalue weighted by atomic mass is 9.76. The fourth-order valence-corrected chi connectivity index (χ4v) is 4.42. The molecule has 0 saturated carbocycles. The number of nitro groups is 1. The maximum absolute atomic E-state index is 13.5. The minimum absolute atomic E-state index is 0.0218. The number of anilines is 1. The molecule has 2 saturated heterocycles. The molecule has 0 N–H and O–H groups in total. The third-order valence-corrected chi connectivity index (χ3v) is 5.61. The molecule has 2 bridgehead atoms. The van der Waals surface area contributed by atoms with Gasteiger partial charge >= 0.3 is 11.9 Å². The predicted octanol–water partition coefficient (Wildman–Crippen LogP) is 0.869. The maximum atomic E-state index is 13.5. The number of hydrogen-bond acceptors (Lipinski definition) is 10. The van der Waals surface area contributed by atoms with Crippen LogP contribution in [-0.2, 0) is 33.4 Å². The summed E-state index contributed by atoms with van der Waals surface area (Å²) in [5.41, 5.74) is -1.95. The molecule has 1 aromatic rings. The second-order valence-electron chi connectivity index (χ2n) is 7.47. The number of nitrogens with zero attached hydrogens (tertiary/aromatic N) is 2. The highest BCUT2D eigenvalue weighted by molar-refractivity contribution is 6.24. The van der Waals surface area contributed by atoms with Gasteiger partial charge in [-0.05, 0) is 12.1 Å². The van der Waals surface area contributed by atoms with Crippen LogP contribution in [0.4, 0.5) is 11.4 Å². The molecule has 3 heterocycles. The van der Waals surface area contributed by atoms with Gasteiger partial charge in [0.25, 0.3) is 12.0 Å². The van der Waals surface area contributed by atoms with Gasteiger partial charge in [-0.1, -0.05) is 6.08 Å². The first kappa shape index (κ1) is 21.4. The molecular weight excluding hydrogens is 428 g/mol. The van der Waals surface area contributed by atoms with Crippen LogP contribution in [0.25, 0.3) is 0 Å². The quantitative estimate of drug-likeness (QED) is 0.154. The summed E-state index contributed by atoms with van der Waals surface area (Å²) in [6, 6.07) is 3.49. The smallest absolute Gasteiger partial charge is 0.305 e. The van der Waals surface area contributed by atoms with Crippen LogP contribution in [0.15, 0.2) is 30.4 Å². The summed E-state index contributed by atoms with van der Waals surface area (Å²) < 4.78 is 21.3. The van der Waals surface area contributed by atoms with Crippen molar-refractivity contribution in [2.75, 3.05) is 12.0 Å². The number of amides is 2. The van der Waals surface area contributed by atoms with Gasteiger partial charge in [0.2, 0.25) is 11.8 Å². The van der Waals surface area contributed by atoms with E-state index in [4.69, 9.17) is 18.9 Å². The number of fused-ring (bicyclic) bond motifs is 5. The average molecular weight is 446 g/mol. The van der Waals surface area contributed by atoms with E-state index in [9.17, 15) is 29.3 Å². The predicted molar refractivity (Wildman–Crippen MR) is 103 cm³/mol. The first-order valence-corrected chi connectivity index (χ1v) is 9.52. The van der Waals surface area contributed by atoms with Crippen molar-refractivity contribution in [1.29, 1.82) is 0 Å². The molecule has 0 radical (unpaired) electrons. The molecule has 12 heteroatoms. The normalized spacial score (nSPS) is 27.6. The van der Waals surface area contributed by atoms with Gasteiger partial charge in [0, 0.05) is 19.9 Å². The van der Waals surface area contributed by atoms with Gasteiger partial charge in [-0.2, -0.15) is 0 Å². The van der Waals surface area contributed by atoms with E-state index >= 15 is 0 Å². The lowest BCUT2D eigenvalue weighted by molar-refractivity contribution is -0.384. The van der Waals surface area contributed by atoms with Gasteiger partial charge in [-0.3, -0.25) is 29.3 Å². The van der Waals surface area contributed by atoms with E-state index in [2.05, 4.69) is 0 Å².